The van der Waals surface area contributed by atoms with Crippen LogP contribution in [-0.2, 0) is 16.8 Å². The molecule has 3 rings (SSSR count). The van der Waals surface area contributed by atoms with E-state index >= 15 is 0 Å². The number of hydrogen-bond acceptors (Lipinski definition) is 2. The summed E-state index contributed by atoms with van der Waals surface area (Å²) in [6.45, 7) is 0.620. The van der Waals surface area contributed by atoms with Crippen molar-refractivity contribution in [2.24, 2.45) is 0 Å². The zero-order chi connectivity index (χ0) is 13.6. The molecule has 0 unspecified atom stereocenters. The Morgan fingerprint density at radius 2 is 2.00 bits per heavy atom. The highest BCUT2D eigenvalue weighted by Gasteiger charge is 2.43. The van der Waals surface area contributed by atoms with Crippen LogP contribution in [0.3, 0.4) is 0 Å². The number of amides is 1. The first kappa shape index (κ1) is 12.2. The Bertz CT molecular complexity index is 559. The van der Waals surface area contributed by atoms with E-state index in [9.17, 15) is 14.7 Å². The lowest BCUT2D eigenvalue weighted by atomic mass is 9.78. The topological polar surface area (TPSA) is 57.6 Å². The summed E-state index contributed by atoms with van der Waals surface area (Å²) in [5.74, 6) is -0.765. The Morgan fingerprint density at radius 1 is 1.32 bits per heavy atom. The van der Waals surface area contributed by atoms with Crippen molar-refractivity contribution in [2.75, 3.05) is 7.05 Å². The first-order valence-electron chi connectivity index (χ1n) is 6.67. The second-order valence-corrected chi connectivity index (χ2v) is 5.63. The van der Waals surface area contributed by atoms with Crippen LogP contribution in [0.4, 0.5) is 0 Å². The minimum absolute atomic E-state index is 0.00427. The van der Waals surface area contributed by atoms with E-state index in [0.29, 0.717) is 24.9 Å². The minimum atomic E-state index is -0.781. The smallest absolute Gasteiger partial charge is 0.314 e. The van der Waals surface area contributed by atoms with Crippen molar-refractivity contribution in [1.29, 1.82) is 0 Å². The highest BCUT2D eigenvalue weighted by Crippen LogP contribution is 2.42. The highest BCUT2D eigenvalue weighted by molar-refractivity contribution is 5.98. The van der Waals surface area contributed by atoms with Crippen LogP contribution < -0.4 is 0 Å². The standard InChI is InChI=1S/C15H17NO3/c1-16-9-10-4-5-11(8-12(10)13(16)17)15(14(18)19)6-2-3-7-15/h4-5,8H,2-3,6-7,9H2,1H3,(H,18,19). The largest absolute Gasteiger partial charge is 0.481 e. The molecule has 1 aliphatic carbocycles. The molecule has 100 valence electrons. The number of aliphatic carboxylic acids is 1. The van der Waals surface area contributed by atoms with Crippen LogP contribution in [0.5, 0.6) is 0 Å². The minimum Gasteiger partial charge on any atom is -0.481 e. The second-order valence-electron chi connectivity index (χ2n) is 5.63. The fourth-order valence-electron chi connectivity index (χ4n) is 3.35. The summed E-state index contributed by atoms with van der Waals surface area (Å²) in [6.07, 6.45) is 3.23. The Labute approximate surface area is 112 Å². The van der Waals surface area contributed by atoms with Crippen LogP contribution in [0, 0.1) is 0 Å². The van der Waals surface area contributed by atoms with Gasteiger partial charge in [-0.05, 0) is 30.0 Å². The van der Waals surface area contributed by atoms with Gasteiger partial charge in [-0.1, -0.05) is 25.0 Å². The highest BCUT2D eigenvalue weighted by atomic mass is 16.4. The maximum absolute atomic E-state index is 12.0. The van der Waals surface area contributed by atoms with Crippen LogP contribution >= 0.6 is 0 Å². The lowest BCUT2D eigenvalue weighted by molar-refractivity contribution is -0.143. The molecule has 1 aromatic rings. The van der Waals surface area contributed by atoms with Gasteiger partial charge in [0.25, 0.3) is 5.91 Å². The molecule has 0 atom stereocenters. The summed E-state index contributed by atoms with van der Waals surface area (Å²) in [5, 5.41) is 9.59. The summed E-state index contributed by atoms with van der Waals surface area (Å²) in [4.78, 5) is 25.4. The van der Waals surface area contributed by atoms with Gasteiger partial charge in [0.1, 0.15) is 0 Å². The van der Waals surface area contributed by atoms with Crippen molar-refractivity contribution >= 4 is 11.9 Å². The number of rotatable bonds is 2. The Balaban J connectivity index is 2.08. The number of carbonyl (C=O) groups excluding carboxylic acids is 1. The third-order valence-corrected chi connectivity index (χ3v) is 4.51. The number of carbonyl (C=O) groups is 2. The monoisotopic (exact) mass is 259 g/mol. The molecule has 1 fully saturated rings. The molecule has 0 saturated heterocycles. The van der Waals surface area contributed by atoms with Gasteiger partial charge in [0.2, 0.25) is 0 Å². The maximum Gasteiger partial charge on any atom is 0.314 e. The summed E-state index contributed by atoms with van der Waals surface area (Å²) in [6, 6.07) is 5.61. The molecule has 0 radical (unpaired) electrons. The molecule has 1 N–H and O–H groups in total. The van der Waals surface area contributed by atoms with Crippen molar-refractivity contribution < 1.29 is 14.7 Å². The molecule has 1 heterocycles. The fraction of sp³-hybridized carbons (Fsp3) is 0.467. The molecule has 0 aromatic heterocycles. The van der Waals surface area contributed by atoms with E-state index in [1.807, 2.05) is 12.1 Å². The first-order chi connectivity index (χ1) is 9.04. The van der Waals surface area contributed by atoms with Gasteiger partial charge in [0.05, 0.1) is 5.41 Å². The first-order valence-corrected chi connectivity index (χ1v) is 6.67. The van der Waals surface area contributed by atoms with Gasteiger partial charge in [-0.3, -0.25) is 9.59 Å². The van der Waals surface area contributed by atoms with Gasteiger partial charge in [0.15, 0.2) is 0 Å². The van der Waals surface area contributed by atoms with Gasteiger partial charge >= 0.3 is 5.97 Å². The number of carboxylic acids is 1. The Hall–Kier alpha value is -1.84. The van der Waals surface area contributed by atoms with Crippen LogP contribution in [0.15, 0.2) is 18.2 Å². The number of nitrogens with zero attached hydrogens (tertiary/aromatic N) is 1. The van der Waals surface area contributed by atoms with Gasteiger partial charge < -0.3 is 10.0 Å². The van der Waals surface area contributed by atoms with Crippen molar-refractivity contribution in [3.05, 3.63) is 34.9 Å². The van der Waals surface area contributed by atoms with E-state index in [0.717, 1.165) is 24.0 Å². The predicted octanol–water partition coefficient (Wildman–Crippen LogP) is 2.17. The van der Waals surface area contributed by atoms with E-state index in [4.69, 9.17) is 0 Å². The third-order valence-electron chi connectivity index (χ3n) is 4.51. The number of benzene rings is 1. The van der Waals surface area contributed by atoms with Crippen molar-refractivity contribution in [1.82, 2.24) is 4.90 Å². The average Bonchev–Trinajstić information content (AvgIpc) is 2.97. The van der Waals surface area contributed by atoms with Gasteiger partial charge in [-0.15, -0.1) is 0 Å². The Morgan fingerprint density at radius 3 is 2.63 bits per heavy atom. The molecular weight excluding hydrogens is 242 g/mol. The molecule has 1 saturated carbocycles. The molecule has 4 heteroatoms. The quantitative estimate of drug-likeness (QED) is 0.885. The van der Waals surface area contributed by atoms with E-state index in [1.165, 1.54) is 0 Å². The number of fused-ring (bicyclic) bond motifs is 1. The number of hydrogen-bond donors (Lipinski definition) is 1. The predicted molar refractivity (Wildman–Crippen MR) is 70.0 cm³/mol. The van der Waals surface area contributed by atoms with E-state index in [1.54, 1.807) is 18.0 Å². The van der Waals surface area contributed by atoms with E-state index in [2.05, 4.69) is 0 Å². The molecular formula is C15H17NO3. The average molecular weight is 259 g/mol. The molecule has 1 aromatic carbocycles. The zero-order valence-electron chi connectivity index (χ0n) is 11.0. The lowest BCUT2D eigenvalue weighted by Gasteiger charge is -2.24. The molecule has 1 amide bonds. The molecule has 1 aliphatic heterocycles. The fourth-order valence-corrected chi connectivity index (χ4v) is 3.35. The maximum atomic E-state index is 12.0. The molecule has 19 heavy (non-hydrogen) atoms. The van der Waals surface area contributed by atoms with E-state index < -0.39 is 11.4 Å². The summed E-state index contributed by atoms with van der Waals surface area (Å²) in [5.41, 5.74) is 1.68. The van der Waals surface area contributed by atoms with Crippen molar-refractivity contribution in [3.63, 3.8) is 0 Å². The Kier molecular flexibility index (Phi) is 2.62. The number of carboxylic acid groups (broad SMARTS) is 1. The van der Waals surface area contributed by atoms with Crippen LogP contribution in [0.1, 0.15) is 47.2 Å². The summed E-state index contributed by atoms with van der Waals surface area (Å²) < 4.78 is 0. The van der Waals surface area contributed by atoms with Crippen LogP contribution in [0.2, 0.25) is 0 Å². The lowest BCUT2D eigenvalue weighted by Crippen LogP contribution is -2.32. The normalized spacial score (nSPS) is 20.7. The summed E-state index contributed by atoms with van der Waals surface area (Å²) in [7, 11) is 1.77. The van der Waals surface area contributed by atoms with Gasteiger partial charge in [-0.2, -0.15) is 0 Å². The third kappa shape index (κ3) is 1.66. The molecule has 0 spiro atoms. The molecule has 2 aliphatic rings. The van der Waals surface area contributed by atoms with Gasteiger partial charge in [-0.25, -0.2) is 0 Å². The van der Waals surface area contributed by atoms with Gasteiger partial charge in [0, 0.05) is 19.2 Å². The second kappa shape index (κ2) is 4.08. The van der Waals surface area contributed by atoms with Crippen LogP contribution in [0.25, 0.3) is 0 Å². The van der Waals surface area contributed by atoms with Crippen LogP contribution in [-0.4, -0.2) is 28.9 Å². The zero-order valence-corrected chi connectivity index (χ0v) is 11.0. The van der Waals surface area contributed by atoms with Crippen molar-refractivity contribution in [3.8, 4) is 0 Å². The molecule has 4 nitrogen and oxygen atoms in total. The SMILES string of the molecule is CN1Cc2ccc(C3(C(=O)O)CCCC3)cc2C1=O. The molecule has 0 bridgehead atoms. The summed E-state index contributed by atoms with van der Waals surface area (Å²) >= 11 is 0. The van der Waals surface area contributed by atoms with Crippen molar-refractivity contribution in [2.45, 2.75) is 37.6 Å². The van der Waals surface area contributed by atoms with E-state index in [-0.39, 0.29) is 5.91 Å².